The molecule has 0 spiro atoms. The van der Waals surface area contributed by atoms with Gasteiger partial charge in [-0.15, -0.1) is 13.2 Å². The van der Waals surface area contributed by atoms with Crippen LogP contribution in [0.2, 0.25) is 10.0 Å². The Morgan fingerprint density at radius 2 is 1.67 bits per heavy atom. The van der Waals surface area contributed by atoms with Gasteiger partial charge in [-0.25, -0.2) is 0 Å². The summed E-state index contributed by atoms with van der Waals surface area (Å²) in [5, 5.41) is 18.9. The summed E-state index contributed by atoms with van der Waals surface area (Å²) in [6, 6.07) is 17.5. The molecule has 0 saturated carbocycles. The van der Waals surface area contributed by atoms with Crippen molar-refractivity contribution in [1.82, 2.24) is 15.1 Å². The fraction of sp³-hybridized carbons (Fsp3) is 0.143. The van der Waals surface area contributed by atoms with Gasteiger partial charge in [0.1, 0.15) is 11.4 Å². The van der Waals surface area contributed by atoms with Gasteiger partial charge in [-0.3, -0.25) is 19.1 Å². The lowest BCUT2D eigenvalue weighted by Crippen LogP contribution is -2.26. The quantitative estimate of drug-likeness (QED) is 0.192. The van der Waals surface area contributed by atoms with Crippen molar-refractivity contribution in [2.75, 3.05) is 11.9 Å². The van der Waals surface area contributed by atoms with Gasteiger partial charge in [-0.05, 0) is 48.0 Å². The highest BCUT2D eigenvalue weighted by Gasteiger charge is 2.31. The Labute approximate surface area is 246 Å². The van der Waals surface area contributed by atoms with Crippen LogP contribution in [0.1, 0.15) is 32.8 Å². The van der Waals surface area contributed by atoms with Crippen LogP contribution in [0.25, 0.3) is 11.3 Å². The second-order valence-corrected chi connectivity index (χ2v) is 9.64. The van der Waals surface area contributed by atoms with Gasteiger partial charge in [-0.2, -0.15) is 5.10 Å². The van der Waals surface area contributed by atoms with Gasteiger partial charge in [0.25, 0.3) is 11.8 Å². The maximum absolute atomic E-state index is 13.3. The zero-order chi connectivity index (χ0) is 30.4. The van der Waals surface area contributed by atoms with E-state index in [-0.39, 0.29) is 35.9 Å². The number of aliphatic carboxylic acids is 1. The Bertz CT molecular complexity index is 1620. The zero-order valence-electron chi connectivity index (χ0n) is 21.4. The van der Waals surface area contributed by atoms with Crippen LogP contribution in [0.15, 0.2) is 72.8 Å². The number of hydrogen-bond acceptors (Lipinski definition) is 5. The molecular formula is C28H21Cl2F3N4O5. The summed E-state index contributed by atoms with van der Waals surface area (Å²) in [6.07, 6.45) is -5.11. The number of nitrogens with zero attached hydrogens (tertiary/aromatic N) is 2. The first-order chi connectivity index (χ1) is 19.9. The number of carbonyl (C=O) groups excluding carboxylic acids is 2. The van der Waals surface area contributed by atoms with Gasteiger partial charge >= 0.3 is 12.3 Å². The number of benzene rings is 3. The van der Waals surface area contributed by atoms with Crippen LogP contribution in [0.5, 0.6) is 5.75 Å². The van der Waals surface area contributed by atoms with Crippen LogP contribution < -0.4 is 15.4 Å². The molecule has 0 fully saturated rings. The lowest BCUT2D eigenvalue weighted by molar-refractivity contribution is -0.274. The van der Waals surface area contributed by atoms with Gasteiger partial charge in [0, 0.05) is 29.4 Å². The summed E-state index contributed by atoms with van der Waals surface area (Å²) in [6.45, 7) is 0.0621. The van der Waals surface area contributed by atoms with Crippen LogP contribution in [-0.2, 0) is 11.3 Å². The molecule has 14 heteroatoms. The third kappa shape index (κ3) is 8.24. The van der Waals surface area contributed by atoms with Crippen LogP contribution >= 0.6 is 23.2 Å². The van der Waals surface area contributed by atoms with E-state index in [2.05, 4.69) is 20.5 Å². The normalized spacial score (nSPS) is 11.2. The van der Waals surface area contributed by atoms with Crippen LogP contribution in [0, 0.1) is 0 Å². The molecule has 3 N–H and O–H groups in total. The third-order valence-electron chi connectivity index (χ3n) is 5.73. The molecule has 4 rings (SSSR count). The lowest BCUT2D eigenvalue weighted by atomic mass is 10.1. The highest BCUT2D eigenvalue weighted by molar-refractivity contribution is 6.42. The number of ether oxygens (including phenoxy) is 1. The number of aromatic nitrogens is 2. The topological polar surface area (TPSA) is 123 Å². The average molecular weight is 621 g/mol. The summed E-state index contributed by atoms with van der Waals surface area (Å²) in [5.41, 5.74) is 2.04. The molecule has 0 atom stereocenters. The first-order valence-electron chi connectivity index (χ1n) is 12.2. The Kier molecular flexibility index (Phi) is 9.38. The summed E-state index contributed by atoms with van der Waals surface area (Å²) >= 11 is 12.2. The highest BCUT2D eigenvalue weighted by Crippen LogP contribution is 2.29. The Morgan fingerprint density at radius 3 is 2.33 bits per heavy atom. The summed E-state index contributed by atoms with van der Waals surface area (Å²) in [5.74, 6) is -2.64. The monoisotopic (exact) mass is 620 g/mol. The van der Waals surface area contributed by atoms with E-state index >= 15 is 0 Å². The van der Waals surface area contributed by atoms with Crippen molar-refractivity contribution in [3.8, 4) is 17.0 Å². The molecule has 9 nitrogen and oxygen atoms in total. The molecule has 0 radical (unpaired) electrons. The van der Waals surface area contributed by atoms with Crippen molar-refractivity contribution in [1.29, 1.82) is 0 Å². The average Bonchev–Trinajstić information content (AvgIpc) is 3.33. The SMILES string of the molecule is O=C(O)CCNC(=O)c1ccc(Cn2nc(-c3ccc(Cl)c(Cl)c3)cc2C(=O)Nc2cccc(OC(F)(F)F)c2)cc1. The Hall–Kier alpha value is -4.55. The van der Waals surface area contributed by atoms with E-state index in [4.69, 9.17) is 28.3 Å². The second-order valence-electron chi connectivity index (χ2n) is 8.83. The zero-order valence-corrected chi connectivity index (χ0v) is 22.9. The molecule has 1 heterocycles. The van der Waals surface area contributed by atoms with Gasteiger partial charge in [0.15, 0.2) is 0 Å². The number of carboxylic acid groups (broad SMARTS) is 1. The first-order valence-corrected chi connectivity index (χ1v) is 12.9. The minimum absolute atomic E-state index is 0.0234. The van der Waals surface area contributed by atoms with E-state index in [1.807, 2.05) is 0 Å². The van der Waals surface area contributed by atoms with Crippen LogP contribution in [0.4, 0.5) is 18.9 Å². The maximum Gasteiger partial charge on any atom is 0.573 e. The summed E-state index contributed by atoms with van der Waals surface area (Å²) in [4.78, 5) is 36.2. The Balaban J connectivity index is 1.59. The molecule has 0 unspecified atom stereocenters. The van der Waals surface area contributed by atoms with Crippen molar-refractivity contribution in [2.24, 2.45) is 0 Å². The summed E-state index contributed by atoms with van der Waals surface area (Å²) in [7, 11) is 0. The van der Waals surface area contributed by atoms with E-state index in [1.54, 1.807) is 42.5 Å². The number of anilines is 1. The third-order valence-corrected chi connectivity index (χ3v) is 6.47. The Morgan fingerprint density at radius 1 is 0.929 bits per heavy atom. The molecule has 3 aromatic carbocycles. The first kappa shape index (κ1) is 30.4. The van der Waals surface area contributed by atoms with Gasteiger partial charge < -0.3 is 20.5 Å². The number of rotatable bonds is 10. The molecule has 4 aromatic rings. The molecule has 1 aromatic heterocycles. The molecule has 0 aliphatic carbocycles. The standard InChI is InChI=1S/C28H21Cl2F3N4O5/c29-21-9-8-18(12-22(21)30)23-14-24(27(41)35-19-2-1-3-20(13-19)42-28(31,32)33)37(36-23)15-16-4-6-17(7-5-16)26(40)34-11-10-25(38)39/h1-9,12-14H,10-11,15H2,(H,34,40)(H,35,41)(H,38,39). The van der Waals surface area contributed by atoms with E-state index in [9.17, 15) is 27.6 Å². The van der Waals surface area contributed by atoms with E-state index in [1.165, 1.54) is 22.9 Å². The minimum Gasteiger partial charge on any atom is -0.481 e. The van der Waals surface area contributed by atoms with E-state index in [0.717, 1.165) is 12.1 Å². The highest BCUT2D eigenvalue weighted by atomic mass is 35.5. The number of hydrogen-bond donors (Lipinski definition) is 3. The molecule has 0 aliphatic rings. The molecule has 0 saturated heterocycles. The maximum atomic E-state index is 13.3. The molecule has 0 bridgehead atoms. The van der Waals surface area contributed by atoms with Crippen molar-refractivity contribution in [3.63, 3.8) is 0 Å². The number of carboxylic acids is 1. The van der Waals surface area contributed by atoms with Gasteiger partial charge in [0.2, 0.25) is 0 Å². The fourth-order valence-corrected chi connectivity index (χ4v) is 4.10. The van der Waals surface area contributed by atoms with Gasteiger partial charge in [-0.1, -0.05) is 47.5 Å². The molecule has 0 aliphatic heterocycles. The minimum atomic E-state index is -4.90. The number of nitrogens with one attached hydrogen (secondary N) is 2. The largest absolute Gasteiger partial charge is 0.573 e. The summed E-state index contributed by atoms with van der Waals surface area (Å²) < 4.78 is 43.3. The molecule has 218 valence electrons. The van der Waals surface area contributed by atoms with E-state index < -0.39 is 29.9 Å². The number of amides is 2. The lowest BCUT2D eigenvalue weighted by Gasteiger charge is -2.12. The van der Waals surface area contributed by atoms with Crippen molar-refractivity contribution in [3.05, 3.63) is 99.7 Å². The predicted octanol–water partition coefficient (Wildman–Crippen LogP) is 6.26. The fourth-order valence-electron chi connectivity index (χ4n) is 3.80. The van der Waals surface area contributed by atoms with Crippen molar-refractivity contribution in [2.45, 2.75) is 19.3 Å². The second kappa shape index (κ2) is 13.0. The number of alkyl halides is 3. The van der Waals surface area contributed by atoms with Crippen molar-refractivity contribution < 1.29 is 37.4 Å². The number of carbonyl (C=O) groups is 3. The molecule has 42 heavy (non-hydrogen) atoms. The van der Waals surface area contributed by atoms with Crippen molar-refractivity contribution >= 4 is 46.7 Å². The van der Waals surface area contributed by atoms with Crippen LogP contribution in [0.3, 0.4) is 0 Å². The molecular weight excluding hydrogens is 600 g/mol. The molecule has 2 amide bonds. The van der Waals surface area contributed by atoms with E-state index in [0.29, 0.717) is 27.4 Å². The number of halogens is 5. The predicted molar refractivity (Wildman–Crippen MR) is 149 cm³/mol. The van der Waals surface area contributed by atoms with Gasteiger partial charge in [0.05, 0.1) is 28.7 Å². The smallest absolute Gasteiger partial charge is 0.481 e. The van der Waals surface area contributed by atoms with Crippen LogP contribution in [-0.4, -0.2) is 45.6 Å².